The Hall–Kier alpha value is -4.70. The number of carbonyl (C=O) groups is 2. The molecule has 3 aromatic heterocycles. The van der Waals surface area contributed by atoms with Gasteiger partial charge in [0.2, 0.25) is 0 Å². The molecule has 3 heterocycles. The first-order chi connectivity index (χ1) is 18.2. The number of urea groups is 1. The van der Waals surface area contributed by atoms with Crippen LogP contribution in [0.2, 0.25) is 5.02 Å². The fraction of sp³-hybridized carbons (Fsp3) is 0.0370. The lowest BCUT2D eigenvalue weighted by atomic mass is 10.0. The normalized spacial score (nSPS) is 11.4. The average molecular weight is 536 g/mol. The molecule has 5 aromatic rings. The zero-order chi connectivity index (χ0) is 26.9. The summed E-state index contributed by atoms with van der Waals surface area (Å²) in [5, 5.41) is 5.01. The van der Waals surface area contributed by atoms with Gasteiger partial charge in [-0.2, -0.15) is 13.2 Å². The molecule has 190 valence electrons. The van der Waals surface area contributed by atoms with Crippen LogP contribution in [0.4, 0.5) is 29.3 Å². The van der Waals surface area contributed by atoms with Gasteiger partial charge in [-0.1, -0.05) is 29.8 Å². The zero-order valence-corrected chi connectivity index (χ0v) is 20.1. The molecule has 0 fully saturated rings. The predicted molar refractivity (Wildman–Crippen MR) is 138 cm³/mol. The molecule has 0 atom stereocenters. The molecule has 3 N–H and O–H groups in total. The van der Waals surface area contributed by atoms with E-state index in [0.29, 0.717) is 22.2 Å². The SMILES string of the molecule is O=C(Nc1cccc(C(=O)c2c[nH]c3ncc(-c4cccnc4)cc23)c1)Nc1ccc(Cl)c(C(F)(F)F)c1. The van der Waals surface area contributed by atoms with Crippen LogP contribution in [0.3, 0.4) is 0 Å². The van der Waals surface area contributed by atoms with E-state index in [9.17, 15) is 22.8 Å². The molecular weight excluding hydrogens is 519 g/mol. The molecule has 2 aromatic carbocycles. The highest BCUT2D eigenvalue weighted by Gasteiger charge is 2.33. The van der Waals surface area contributed by atoms with Gasteiger partial charge in [0.1, 0.15) is 5.65 Å². The predicted octanol–water partition coefficient (Wildman–Crippen LogP) is 7.17. The Bertz CT molecular complexity index is 1670. The lowest BCUT2D eigenvalue weighted by molar-refractivity contribution is -0.137. The van der Waals surface area contributed by atoms with Gasteiger partial charge in [-0.15, -0.1) is 0 Å². The molecule has 2 amide bonds. The van der Waals surface area contributed by atoms with Crippen LogP contribution >= 0.6 is 11.6 Å². The first-order valence-electron chi connectivity index (χ1n) is 11.2. The van der Waals surface area contributed by atoms with Crippen molar-refractivity contribution >= 4 is 45.8 Å². The summed E-state index contributed by atoms with van der Waals surface area (Å²) in [5.41, 5.74) is 1.97. The standard InChI is InChI=1S/C27H17ClF3N5O2/c28-23-7-6-19(11-22(23)27(29,30)31)36-26(38)35-18-5-1-3-15(9-18)24(37)21-14-34-25-20(21)10-17(13-33-25)16-4-2-8-32-12-16/h1-14H,(H,33,34)(H2,35,36,38). The Morgan fingerprint density at radius 1 is 0.895 bits per heavy atom. The number of nitrogens with zero attached hydrogens (tertiary/aromatic N) is 2. The first-order valence-corrected chi connectivity index (χ1v) is 11.5. The maximum atomic E-state index is 13.4. The number of halogens is 4. The van der Waals surface area contributed by atoms with Crippen molar-refractivity contribution in [2.75, 3.05) is 10.6 Å². The van der Waals surface area contributed by atoms with Crippen molar-refractivity contribution < 1.29 is 22.8 Å². The van der Waals surface area contributed by atoms with Crippen molar-refractivity contribution in [2.45, 2.75) is 6.18 Å². The quantitative estimate of drug-likeness (QED) is 0.208. The van der Waals surface area contributed by atoms with Crippen LogP contribution in [0.15, 0.2) is 85.5 Å². The number of nitrogens with one attached hydrogen (secondary N) is 3. The minimum absolute atomic E-state index is 0.0952. The Kier molecular flexibility index (Phi) is 6.56. The van der Waals surface area contributed by atoms with Gasteiger partial charge in [-0.05, 0) is 42.5 Å². The van der Waals surface area contributed by atoms with Crippen LogP contribution in [-0.4, -0.2) is 26.8 Å². The summed E-state index contributed by atoms with van der Waals surface area (Å²) in [5.74, 6) is -0.307. The Balaban J connectivity index is 1.36. The first kappa shape index (κ1) is 25.0. The van der Waals surface area contributed by atoms with Crippen molar-refractivity contribution in [1.82, 2.24) is 15.0 Å². The summed E-state index contributed by atoms with van der Waals surface area (Å²) in [4.78, 5) is 37.3. The third-order valence-electron chi connectivity index (χ3n) is 5.68. The lowest BCUT2D eigenvalue weighted by Gasteiger charge is -2.12. The van der Waals surface area contributed by atoms with E-state index in [-0.39, 0.29) is 17.2 Å². The number of rotatable bonds is 5. The summed E-state index contributed by atoms with van der Waals surface area (Å²) >= 11 is 5.62. The summed E-state index contributed by atoms with van der Waals surface area (Å²) in [6, 6.07) is 14.0. The van der Waals surface area contributed by atoms with Gasteiger partial charge in [0.25, 0.3) is 0 Å². The Morgan fingerprint density at radius 2 is 1.68 bits per heavy atom. The Labute approximate surface area is 218 Å². The number of H-pyrrole nitrogens is 1. The van der Waals surface area contributed by atoms with Crippen LogP contribution in [0.1, 0.15) is 21.5 Å². The van der Waals surface area contributed by atoms with Crippen LogP contribution in [-0.2, 0) is 6.18 Å². The van der Waals surface area contributed by atoms with E-state index < -0.39 is 22.8 Å². The number of anilines is 2. The van der Waals surface area contributed by atoms with Crippen molar-refractivity contribution in [3.63, 3.8) is 0 Å². The fourth-order valence-electron chi connectivity index (χ4n) is 3.89. The zero-order valence-electron chi connectivity index (χ0n) is 19.3. The number of pyridine rings is 2. The minimum atomic E-state index is -4.67. The van der Waals surface area contributed by atoms with Crippen LogP contribution < -0.4 is 10.6 Å². The molecule has 5 rings (SSSR count). The van der Waals surface area contributed by atoms with E-state index in [1.807, 2.05) is 12.1 Å². The lowest BCUT2D eigenvalue weighted by Crippen LogP contribution is -2.20. The second-order valence-corrected chi connectivity index (χ2v) is 8.65. The van der Waals surface area contributed by atoms with Gasteiger partial charge in [-0.25, -0.2) is 9.78 Å². The van der Waals surface area contributed by atoms with Crippen molar-refractivity contribution in [1.29, 1.82) is 0 Å². The maximum absolute atomic E-state index is 13.4. The van der Waals surface area contributed by atoms with Gasteiger partial charge in [-0.3, -0.25) is 9.78 Å². The van der Waals surface area contributed by atoms with Crippen molar-refractivity contribution in [2.24, 2.45) is 0 Å². The molecule has 0 saturated heterocycles. The van der Waals surface area contributed by atoms with E-state index in [0.717, 1.165) is 23.3 Å². The molecule has 38 heavy (non-hydrogen) atoms. The number of aromatic nitrogens is 3. The Morgan fingerprint density at radius 3 is 2.42 bits per heavy atom. The molecule has 11 heteroatoms. The number of aromatic amines is 1. The van der Waals surface area contributed by atoms with Gasteiger partial charge in [0, 0.05) is 63.8 Å². The molecule has 0 spiro atoms. The largest absolute Gasteiger partial charge is 0.417 e. The minimum Gasteiger partial charge on any atom is -0.345 e. The van der Waals surface area contributed by atoms with E-state index >= 15 is 0 Å². The molecular formula is C27H17ClF3N5O2. The van der Waals surface area contributed by atoms with Crippen LogP contribution in [0, 0.1) is 0 Å². The molecule has 0 unspecified atom stereocenters. The maximum Gasteiger partial charge on any atom is 0.417 e. The molecule has 0 aliphatic rings. The van der Waals surface area contributed by atoms with E-state index in [4.69, 9.17) is 11.6 Å². The third kappa shape index (κ3) is 5.21. The highest BCUT2D eigenvalue weighted by molar-refractivity contribution is 6.31. The topological polar surface area (TPSA) is 99.8 Å². The summed E-state index contributed by atoms with van der Waals surface area (Å²) in [6.45, 7) is 0. The number of alkyl halides is 3. The number of fused-ring (bicyclic) bond motifs is 1. The number of hydrogen-bond acceptors (Lipinski definition) is 4. The second kappa shape index (κ2) is 9.98. The number of amides is 2. The molecule has 0 radical (unpaired) electrons. The number of ketones is 1. The average Bonchev–Trinajstić information content (AvgIpc) is 3.32. The van der Waals surface area contributed by atoms with Gasteiger partial charge in [0.05, 0.1) is 10.6 Å². The number of hydrogen-bond donors (Lipinski definition) is 3. The smallest absolute Gasteiger partial charge is 0.345 e. The van der Waals surface area contributed by atoms with Crippen molar-refractivity contribution in [3.05, 3.63) is 107 Å². The highest BCUT2D eigenvalue weighted by Crippen LogP contribution is 2.36. The van der Waals surface area contributed by atoms with Crippen LogP contribution in [0.25, 0.3) is 22.2 Å². The number of carbonyl (C=O) groups excluding carboxylic acids is 2. The molecule has 0 aliphatic carbocycles. The summed E-state index contributed by atoms with van der Waals surface area (Å²) < 4.78 is 39.3. The van der Waals surface area contributed by atoms with Gasteiger partial charge < -0.3 is 15.6 Å². The monoisotopic (exact) mass is 535 g/mol. The van der Waals surface area contributed by atoms with E-state index in [1.54, 1.807) is 49.1 Å². The van der Waals surface area contributed by atoms with Crippen molar-refractivity contribution in [3.8, 4) is 11.1 Å². The molecule has 0 bridgehead atoms. The molecule has 0 aliphatic heterocycles. The van der Waals surface area contributed by atoms with Gasteiger partial charge >= 0.3 is 12.2 Å². The summed E-state index contributed by atoms with van der Waals surface area (Å²) in [7, 11) is 0. The second-order valence-electron chi connectivity index (χ2n) is 8.25. The molecule has 7 nitrogen and oxygen atoms in total. The highest BCUT2D eigenvalue weighted by atomic mass is 35.5. The summed E-state index contributed by atoms with van der Waals surface area (Å²) in [6.07, 6.45) is 1.95. The number of benzene rings is 2. The van der Waals surface area contributed by atoms with Gasteiger partial charge in [0.15, 0.2) is 5.78 Å². The third-order valence-corrected chi connectivity index (χ3v) is 6.01. The van der Waals surface area contributed by atoms with E-state index in [1.165, 1.54) is 12.1 Å². The molecule has 0 saturated carbocycles. The van der Waals surface area contributed by atoms with Crippen LogP contribution in [0.5, 0.6) is 0 Å². The fourth-order valence-corrected chi connectivity index (χ4v) is 4.11. The van der Waals surface area contributed by atoms with E-state index in [2.05, 4.69) is 25.6 Å².